The highest BCUT2D eigenvalue weighted by Crippen LogP contribution is 2.33. The number of hydrazone groups is 1. The number of nitrogens with zero attached hydrogens (tertiary/aromatic N) is 1. The molecule has 0 aliphatic heterocycles. The van der Waals surface area contributed by atoms with Gasteiger partial charge in [0.1, 0.15) is 11.5 Å². The number of halogens is 3. The zero-order chi connectivity index (χ0) is 24.8. The van der Waals surface area contributed by atoms with E-state index in [2.05, 4.69) is 26.5 Å². The molecule has 6 nitrogen and oxygen atoms in total. The van der Waals surface area contributed by atoms with E-state index in [4.69, 9.17) is 32.7 Å². The van der Waals surface area contributed by atoms with Gasteiger partial charge < -0.3 is 9.47 Å². The predicted octanol–water partition coefficient (Wildman–Crippen LogP) is 6.66. The molecule has 0 atom stereocenters. The summed E-state index contributed by atoms with van der Waals surface area (Å²) in [5.74, 6) is -0.203. The van der Waals surface area contributed by atoms with Crippen molar-refractivity contribution in [1.82, 2.24) is 5.43 Å². The number of hydrogen-bond acceptors (Lipinski definition) is 5. The van der Waals surface area contributed by atoms with Gasteiger partial charge in [-0.25, -0.2) is 10.2 Å². The van der Waals surface area contributed by atoms with Crippen LogP contribution < -0.4 is 14.9 Å². The van der Waals surface area contributed by atoms with Crippen molar-refractivity contribution in [2.24, 2.45) is 5.10 Å². The Hall–Kier alpha value is -3.39. The van der Waals surface area contributed by atoms with E-state index < -0.39 is 11.9 Å². The van der Waals surface area contributed by atoms with Gasteiger partial charge in [-0.2, -0.15) is 5.10 Å². The van der Waals surface area contributed by atoms with Gasteiger partial charge in [0.15, 0.2) is 6.61 Å². The van der Waals surface area contributed by atoms with Crippen molar-refractivity contribution < 1.29 is 19.1 Å². The second kappa shape index (κ2) is 11.4. The van der Waals surface area contributed by atoms with Crippen molar-refractivity contribution in [1.29, 1.82) is 0 Å². The number of hydrogen-bond donors (Lipinski definition) is 1. The van der Waals surface area contributed by atoms with E-state index in [1.165, 1.54) is 18.3 Å². The molecule has 0 fully saturated rings. The summed E-state index contributed by atoms with van der Waals surface area (Å²) in [6, 6.07) is 22.7. The van der Waals surface area contributed by atoms with E-state index in [1.807, 2.05) is 30.3 Å². The number of carbonyl (C=O) groups is 2. The average molecular weight is 572 g/mol. The Morgan fingerprint density at radius 3 is 2.63 bits per heavy atom. The first-order valence-electron chi connectivity index (χ1n) is 10.3. The van der Waals surface area contributed by atoms with Crippen LogP contribution in [0.3, 0.4) is 0 Å². The van der Waals surface area contributed by atoms with Gasteiger partial charge in [-0.1, -0.05) is 65.7 Å². The average Bonchev–Trinajstić information content (AvgIpc) is 2.84. The molecule has 0 aliphatic carbocycles. The highest BCUT2D eigenvalue weighted by atomic mass is 79.9. The number of fused-ring (bicyclic) bond motifs is 1. The first kappa shape index (κ1) is 24.7. The zero-order valence-corrected chi connectivity index (χ0v) is 21.1. The lowest BCUT2D eigenvalue weighted by atomic mass is 10.1. The third-order valence-electron chi connectivity index (χ3n) is 4.81. The Balaban J connectivity index is 1.32. The van der Waals surface area contributed by atoms with Crippen molar-refractivity contribution in [2.75, 3.05) is 6.61 Å². The minimum atomic E-state index is -0.619. The fourth-order valence-electron chi connectivity index (χ4n) is 3.15. The topological polar surface area (TPSA) is 77.0 Å². The second-order valence-electron chi connectivity index (χ2n) is 7.27. The van der Waals surface area contributed by atoms with Gasteiger partial charge in [0.25, 0.3) is 5.91 Å². The summed E-state index contributed by atoms with van der Waals surface area (Å²) >= 11 is 15.4. The molecule has 9 heteroatoms. The number of esters is 1. The summed E-state index contributed by atoms with van der Waals surface area (Å²) in [6.07, 6.45) is 1.43. The molecule has 0 radical (unpaired) electrons. The van der Waals surface area contributed by atoms with Crippen LogP contribution in [0, 0.1) is 0 Å². The maximum atomic E-state index is 12.4. The maximum absolute atomic E-state index is 12.4. The first-order chi connectivity index (χ1) is 16.9. The van der Waals surface area contributed by atoms with Crippen LogP contribution in [0.4, 0.5) is 0 Å². The summed E-state index contributed by atoms with van der Waals surface area (Å²) in [5.41, 5.74) is 3.21. The molecule has 4 rings (SSSR count). The number of carbonyl (C=O) groups excluding carboxylic acids is 2. The number of benzene rings is 4. The van der Waals surface area contributed by atoms with Crippen LogP contribution in [0.25, 0.3) is 10.8 Å². The van der Waals surface area contributed by atoms with Crippen LogP contribution in [-0.2, 0) is 4.79 Å². The second-order valence-corrected chi connectivity index (χ2v) is 8.90. The molecule has 0 spiro atoms. The summed E-state index contributed by atoms with van der Waals surface area (Å²) in [5, 5.41) is 6.60. The fraction of sp³-hybridized carbons (Fsp3) is 0.0385. The van der Waals surface area contributed by atoms with Crippen LogP contribution >= 0.6 is 39.1 Å². The lowest BCUT2D eigenvalue weighted by Gasteiger charge is -2.09. The van der Waals surface area contributed by atoms with Crippen molar-refractivity contribution in [2.45, 2.75) is 0 Å². The lowest BCUT2D eigenvalue weighted by Crippen LogP contribution is -2.24. The molecule has 0 saturated carbocycles. The minimum Gasteiger partial charge on any atom is -0.483 e. The van der Waals surface area contributed by atoms with Crippen LogP contribution in [0.1, 0.15) is 15.9 Å². The van der Waals surface area contributed by atoms with Gasteiger partial charge in [0.2, 0.25) is 0 Å². The van der Waals surface area contributed by atoms with Crippen LogP contribution in [-0.4, -0.2) is 24.7 Å². The molecule has 35 heavy (non-hydrogen) atoms. The van der Waals surface area contributed by atoms with Gasteiger partial charge in [-0.05, 0) is 68.7 Å². The summed E-state index contributed by atoms with van der Waals surface area (Å²) in [6.45, 7) is -0.214. The highest BCUT2D eigenvalue weighted by molar-refractivity contribution is 9.10. The Bertz CT molecular complexity index is 1440. The normalized spacial score (nSPS) is 10.9. The quantitative estimate of drug-likeness (QED) is 0.116. The Labute approximate surface area is 219 Å². The SMILES string of the molecule is O=C(COc1ccc2ccccc2c1Br)N/N=C\c1cccc(OC(=O)c2ccc(Cl)cc2Cl)c1. The fourth-order valence-corrected chi connectivity index (χ4v) is 4.25. The molecule has 4 aromatic carbocycles. The third kappa shape index (κ3) is 6.39. The molecule has 176 valence electrons. The molecule has 0 unspecified atom stereocenters. The number of rotatable bonds is 7. The van der Waals surface area contributed by atoms with E-state index >= 15 is 0 Å². The van der Waals surface area contributed by atoms with Gasteiger partial charge in [0.05, 0.1) is 21.3 Å². The molecule has 0 aromatic heterocycles. The third-order valence-corrected chi connectivity index (χ3v) is 6.17. The van der Waals surface area contributed by atoms with Crippen molar-refractivity contribution >= 4 is 68.0 Å². The van der Waals surface area contributed by atoms with Crippen molar-refractivity contribution in [3.05, 3.63) is 105 Å². The first-order valence-corrected chi connectivity index (χ1v) is 11.8. The van der Waals surface area contributed by atoms with Crippen molar-refractivity contribution in [3.8, 4) is 11.5 Å². The number of amides is 1. The van der Waals surface area contributed by atoms with Crippen LogP contribution in [0.5, 0.6) is 11.5 Å². The molecule has 0 bridgehead atoms. The van der Waals surface area contributed by atoms with E-state index in [9.17, 15) is 9.59 Å². The van der Waals surface area contributed by atoms with Gasteiger partial charge >= 0.3 is 5.97 Å². The standard InChI is InChI=1S/C26H17BrCl2N2O4/c27-25-20-7-2-1-5-17(20)8-11-23(25)34-15-24(32)31-30-14-16-4-3-6-19(12-16)35-26(33)21-10-9-18(28)13-22(21)29/h1-14H,15H2,(H,31,32)/b30-14-. The van der Waals surface area contributed by atoms with Gasteiger partial charge in [-0.3, -0.25) is 4.79 Å². The minimum absolute atomic E-state index is 0.195. The summed E-state index contributed by atoms with van der Waals surface area (Å²) in [4.78, 5) is 24.5. The zero-order valence-electron chi connectivity index (χ0n) is 18.0. The molecule has 4 aromatic rings. The highest BCUT2D eigenvalue weighted by Gasteiger charge is 2.13. The Morgan fingerprint density at radius 1 is 0.971 bits per heavy atom. The van der Waals surface area contributed by atoms with E-state index in [1.54, 1.807) is 36.4 Å². The lowest BCUT2D eigenvalue weighted by molar-refractivity contribution is -0.123. The number of ether oxygens (including phenoxy) is 2. The van der Waals surface area contributed by atoms with E-state index in [0.717, 1.165) is 15.2 Å². The smallest absolute Gasteiger partial charge is 0.345 e. The summed E-state index contributed by atoms with van der Waals surface area (Å²) < 4.78 is 11.8. The Kier molecular flexibility index (Phi) is 8.02. The maximum Gasteiger partial charge on any atom is 0.345 e. The largest absolute Gasteiger partial charge is 0.483 e. The van der Waals surface area contributed by atoms with Crippen molar-refractivity contribution in [3.63, 3.8) is 0 Å². The van der Waals surface area contributed by atoms with E-state index in [-0.39, 0.29) is 17.2 Å². The molecular formula is C26H17BrCl2N2O4. The monoisotopic (exact) mass is 570 g/mol. The number of nitrogens with one attached hydrogen (secondary N) is 1. The molecular weight excluding hydrogens is 555 g/mol. The molecule has 1 amide bonds. The van der Waals surface area contributed by atoms with Gasteiger partial charge in [0, 0.05) is 5.02 Å². The molecule has 0 heterocycles. The molecule has 0 saturated heterocycles. The van der Waals surface area contributed by atoms with Gasteiger partial charge in [-0.15, -0.1) is 0 Å². The predicted molar refractivity (Wildman–Crippen MR) is 141 cm³/mol. The van der Waals surface area contributed by atoms with E-state index in [0.29, 0.717) is 22.1 Å². The van der Waals surface area contributed by atoms with Crippen LogP contribution in [0.15, 0.2) is 88.4 Å². The molecule has 1 N–H and O–H groups in total. The van der Waals surface area contributed by atoms with Crippen LogP contribution in [0.2, 0.25) is 10.0 Å². The Morgan fingerprint density at radius 2 is 1.80 bits per heavy atom. The summed E-state index contributed by atoms with van der Waals surface area (Å²) in [7, 11) is 0. The molecule has 0 aliphatic rings.